The maximum Gasteiger partial charge on any atom is 0.336 e. The van der Waals surface area contributed by atoms with Crippen molar-refractivity contribution in [2.24, 2.45) is 0 Å². The molecule has 0 aliphatic rings. The molecule has 0 saturated heterocycles. The molecule has 0 amide bonds. The van der Waals surface area contributed by atoms with Gasteiger partial charge in [0.2, 0.25) is 0 Å². The number of carbonyl (C=O) groups is 1. The molecule has 0 aliphatic carbocycles. The quantitative estimate of drug-likeness (QED) is 0.897. The van der Waals surface area contributed by atoms with Gasteiger partial charge in [-0.05, 0) is 18.2 Å². The monoisotopic (exact) mass is 254 g/mol. The molecule has 0 spiro atoms. The predicted octanol–water partition coefficient (Wildman–Crippen LogP) is 4.05. The van der Waals surface area contributed by atoms with Crippen LogP contribution >= 0.6 is 11.3 Å². The summed E-state index contributed by atoms with van der Waals surface area (Å²) in [5, 5.41) is 9.00. The van der Waals surface area contributed by atoms with Crippen molar-refractivity contribution in [1.29, 1.82) is 0 Å². The van der Waals surface area contributed by atoms with Gasteiger partial charge in [-0.3, -0.25) is 0 Å². The van der Waals surface area contributed by atoms with Crippen LogP contribution in [-0.2, 0) is 0 Å². The Morgan fingerprint density at radius 2 is 1.88 bits per heavy atom. The van der Waals surface area contributed by atoms with Crippen LogP contribution in [0.25, 0.3) is 10.4 Å². The molecule has 0 atom stereocenters. The minimum atomic E-state index is -2.52. The third kappa shape index (κ3) is 2.34. The molecule has 0 fully saturated rings. The molecule has 0 bridgehead atoms. The van der Waals surface area contributed by atoms with E-state index in [-0.39, 0.29) is 10.4 Å². The second-order valence-corrected chi connectivity index (χ2v) is 4.47. The molecule has 2 rings (SSSR count). The van der Waals surface area contributed by atoms with E-state index >= 15 is 0 Å². The number of thiophene rings is 1. The summed E-state index contributed by atoms with van der Waals surface area (Å²) in [5.41, 5.74) is 0.590. The zero-order chi connectivity index (χ0) is 12.4. The molecule has 0 aliphatic heterocycles. The first kappa shape index (κ1) is 11.7. The lowest BCUT2D eigenvalue weighted by Gasteiger charge is -2.02. The Morgan fingerprint density at radius 1 is 1.18 bits per heavy atom. The summed E-state index contributed by atoms with van der Waals surface area (Å²) in [4.78, 5) is 11.5. The van der Waals surface area contributed by atoms with Gasteiger partial charge in [-0.1, -0.05) is 18.2 Å². The van der Waals surface area contributed by atoms with Gasteiger partial charge in [-0.25, -0.2) is 13.6 Å². The van der Waals surface area contributed by atoms with Crippen molar-refractivity contribution in [3.63, 3.8) is 0 Å². The van der Waals surface area contributed by atoms with Crippen LogP contribution < -0.4 is 0 Å². The van der Waals surface area contributed by atoms with Gasteiger partial charge in [0.25, 0.3) is 6.43 Å². The van der Waals surface area contributed by atoms with E-state index in [1.807, 2.05) is 0 Å². The molecular formula is C12H8F2O2S. The Hall–Kier alpha value is -1.75. The van der Waals surface area contributed by atoms with Crippen molar-refractivity contribution < 1.29 is 18.7 Å². The van der Waals surface area contributed by atoms with Crippen molar-refractivity contribution >= 4 is 17.3 Å². The number of benzene rings is 1. The van der Waals surface area contributed by atoms with Gasteiger partial charge in [0.05, 0.1) is 10.4 Å². The highest BCUT2D eigenvalue weighted by atomic mass is 32.1. The Balaban J connectivity index is 2.49. The zero-order valence-electron chi connectivity index (χ0n) is 8.56. The van der Waals surface area contributed by atoms with Gasteiger partial charge in [-0.2, -0.15) is 0 Å². The van der Waals surface area contributed by atoms with Crippen molar-refractivity contribution in [2.75, 3.05) is 0 Å². The number of hydrogen-bond donors (Lipinski definition) is 1. The van der Waals surface area contributed by atoms with Crippen LogP contribution in [0.2, 0.25) is 0 Å². The molecule has 5 heteroatoms. The van der Waals surface area contributed by atoms with Gasteiger partial charge in [-0.15, -0.1) is 11.3 Å². The fraction of sp³-hybridized carbons (Fsp3) is 0.0833. The smallest absolute Gasteiger partial charge is 0.336 e. The van der Waals surface area contributed by atoms with Crippen molar-refractivity contribution in [1.82, 2.24) is 0 Å². The number of aromatic carboxylic acids is 1. The molecule has 0 saturated carbocycles. The minimum Gasteiger partial charge on any atom is -0.478 e. The van der Waals surface area contributed by atoms with E-state index < -0.39 is 12.4 Å². The van der Waals surface area contributed by atoms with Gasteiger partial charge in [0, 0.05) is 10.4 Å². The van der Waals surface area contributed by atoms with Crippen LogP contribution in [0.15, 0.2) is 36.4 Å². The first-order valence-electron chi connectivity index (χ1n) is 4.80. The lowest BCUT2D eigenvalue weighted by molar-refractivity contribution is 0.0697. The van der Waals surface area contributed by atoms with Crippen LogP contribution in [0.1, 0.15) is 21.7 Å². The number of carboxylic acid groups (broad SMARTS) is 1. The average Bonchev–Trinajstić information content (AvgIpc) is 2.78. The van der Waals surface area contributed by atoms with E-state index in [1.165, 1.54) is 18.2 Å². The maximum atomic E-state index is 12.4. The summed E-state index contributed by atoms with van der Waals surface area (Å²) in [6.07, 6.45) is -2.52. The Kier molecular flexibility index (Phi) is 3.19. The highest BCUT2D eigenvalue weighted by Gasteiger charge is 2.15. The standard InChI is InChI=1S/C12H8F2O2S/c13-11(14)10-6-5-9(17-10)7-3-1-2-4-8(7)12(15)16/h1-6,11H,(H,15,16). The van der Waals surface area contributed by atoms with Gasteiger partial charge in [0.15, 0.2) is 0 Å². The lowest BCUT2D eigenvalue weighted by Crippen LogP contribution is -1.97. The minimum absolute atomic E-state index is 0.0554. The highest BCUT2D eigenvalue weighted by Crippen LogP contribution is 2.34. The molecule has 17 heavy (non-hydrogen) atoms. The normalized spacial score (nSPS) is 10.8. The van der Waals surface area contributed by atoms with Crippen LogP contribution in [0.3, 0.4) is 0 Å². The number of halogens is 2. The second-order valence-electron chi connectivity index (χ2n) is 3.35. The largest absolute Gasteiger partial charge is 0.478 e. The van der Waals surface area contributed by atoms with Crippen LogP contribution in [0.4, 0.5) is 8.78 Å². The molecule has 0 radical (unpaired) electrons. The molecule has 1 aromatic carbocycles. The Labute approximate surface area is 100 Å². The molecule has 2 nitrogen and oxygen atoms in total. The lowest BCUT2D eigenvalue weighted by atomic mass is 10.1. The fourth-order valence-corrected chi connectivity index (χ4v) is 2.40. The van der Waals surface area contributed by atoms with Crippen molar-refractivity contribution in [3.05, 3.63) is 46.8 Å². The molecule has 88 valence electrons. The first-order valence-corrected chi connectivity index (χ1v) is 5.62. The van der Waals surface area contributed by atoms with Gasteiger partial charge in [0.1, 0.15) is 0 Å². The molecule has 1 N–H and O–H groups in total. The Morgan fingerprint density at radius 3 is 2.47 bits per heavy atom. The third-order valence-corrected chi connectivity index (χ3v) is 3.39. The topological polar surface area (TPSA) is 37.3 Å². The first-order chi connectivity index (χ1) is 8.09. The maximum absolute atomic E-state index is 12.4. The van der Waals surface area contributed by atoms with Gasteiger partial charge < -0.3 is 5.11 Å². The molecule has 0 unspecified atom stereocenters. The van der Waals surface area contributed by atoms with Gasteiger partial charge >= 0.3 is 5.97 Å². The average molecular weight is 254 g/mol. The van der Waals surface area contributed by atoms with E-state index in [9.17, 15) is 13.6 Å². The number of carboxylic acids is 1. The van der Waals surface area contributed by atoms with Crippen LogP contribution in [0.5, 0.6) is 0 Å². The Bertz CT molecular complexity index is 549. The number of rotatable bonds is 3. The van der Waals surface area contributed by atoms with Crippen molar-refractivity contribution in [3.8, 4) is 10.4 Å². The molecule has 1 aromatic heterocycles. The summed E-state index contributed by atoms with van der Waals surface area (Å²) < 4.78 is 24.9. The summed E-state index contributed by atoms with van der Waals surface area (Å²) in [6.45, 7) is 0. The van der Waals surface area contributed by atoms with Crippen LogP contribution in [-0.4, -0.2) is 11.1 Å². The second kappa shape index (κ2) is 4.63. The summed E-state index contributed by atoms with van der Waals surface area (Å²) in [6, 6.07) is 9.21. The summed E-state index contributed by atoms with van der Waals surface area (Å²) in [7, 11) is 0. The molecular weight excluding hydrogens is 246 g/mol. The zero-order valence-corrected chi connectivity index (χ0v) is 9.38. The van der Waals surface area contributed by atoms with E-state index in [1.54, 1.807) is 18.2 Å². The third-order valence-electron chi connectivity index (χ3n) is 2.26. The van der Waals surface area contributed by atoms with E-state index in [0.717, 1.165) is 11.3 Å². The van der Waals surface area contributed by atoms with E-state index in [2.05, 4.69) is 0 Å². The molecule has 1 heterocycles. The summed E-state index contributed by atoms with van der Waals surface area (Å²) in [5.74, 6) is -1.06. The van der Waals surface area contributed by atoms with E-state index in [4.69, 9.17) is 5.11 Å². The fourth-order valence-electron chi connectivity index (χ4n) is 1.50. The highest BCUT2D eigenvalue weighted by molar-refractivity contribution is 7.15. The van der Waals surface area contributed by atoms with Crippen molar-refractivity contribution in [2.45, 2.75) is 6.43 Å². The molecule has 2 aromatic rings. The SMILES string of the molecule is O=C(O)c1ccccc1-c1ccc(C(F)F)s1. The summed E-state index contributed by atoms with van der Waals surface area (Å²) >= 11 is 0.912. The number of hydrogen-bond acceptors (Lipinski definition) is 2. The predicted molar refractivity (Wildman–Crippen MR) is 61.7 cm³/mol. The van der Waals surface area contributed by atoms with E-state index in [0.29, 0.717) is 10.4 Å². The number of alkyl halides is 2. The van der Waals surface area contributed by atoms with Crippen LogP contribution in [0, 0.1) is 0 Å².